The number of aryl methyl sites for hydroxylation is 2. The van der Waals surface area contributed by atoms with E-state index in [9.17, 15) is 0 Å². The summed E-state index contributed by atoms with van der Waals surface area (Å²) >= 11 is 1.77. The second-order valence-electron chi connectivity index (χ2n) is 7.36. The molecule has 3 aromatic heterocycles. The summed E-state index contributed by atoms with van der Waals surface area (Å²) in [5.41, 5.74) is 2.19. The molecular weight excluding hydrogens is 336 g/mol. The third kappa shape index (κ3) is 3.44. The van der Waals surface area contributed by atoms with E-state index >= 15 is 0 Å². The highest BCUT2D eigenvalue weighted by Crippen LogP contribution is 2.35. The Balaban J connectivity index is 1.43. The van der Waals surface area contributed by atoms with Crippen molar-refractivity contribution >= 4 is 17.4 Å². The molecule has 0 spiro atoms. The van der Waals surface area contributed by atoms with Crippen molar-refractivity contribution < 1.29 is 4.42 Å². The average Bonchev–Trinajstić information content (AvgIpc) is 3.30. The van der Waals surface area contributed by atoms with E-state index in [2.05, 4.69) is 52.7 Å². The van der Waals surface area contributed by atoms with E-state index in [0.29, 0.717) is 18.5 Å². The lowest BCUT2D eigenvalue weighted by Gasteiger charge is -2.17. The van der Waals surface area contributed by atoms with Crippen LogP contribution in [0, 0.1) is 0 Å². The average molecular weight is 358 g/mol. The van der Waals surface area contributed by atoms with Crippen LogP contribution in [0.4, 0.5) is 6.01 Å². The van der Waals surface area contributed by atoms with Gasteiger partial charge < -0.3 is 9.73 Å². The van der Waals surface area contributed by atoms with Crippen LogP contribution in [0.25, 0.3) is 10.8 Å². The molecule has 1 aliphatic carbocycles. The van der Waals surface area contributed by atoms with Crippen molar-refractivity contribution in [2.24, 2.45) is 0 Å². The van der Waals surface area contributed by atoms with Gasteiger partial charge in [0.15, 0.2) is 0 Å². The number of thiophene rings is 1. The Labute approximate surface area is 150 Å². The van der Waals surface area contributed by atoms with Gasteiger partial charge in [0.25, 0.3) is 5.89 Å². The molecule has 3 aromatic rings. The van der Waals surface area contributed by atoms with Crippen LogP contribution < -0.4 is 5.32 Å². The minimum absolute atomic E-state index is 0.0822. The first kappa shape index (κ1) is 16.3. The Kier molecular flexibility index (Phi) is 4.07. The van der Waals surface area contributed by atoms with Crippen molar-refractivity contribution in [3.63, 3.8) is 0 Å². The van der Waals surface area contributed by atoms with Crippen molar-refractivity contribution in [2.75, 3.05) is 5.32 Å². The van der Waals surface area contributed by atoms with Gasteiger partial charge in [-0.2, -0.15) is 0 Å². The van der Waals surface area contributed by atoms with E-state index in [0.717, 1.165) is 17.0 Å². The molecule has 0 amide bonds. The second kappa shape index (κ2) is 6.25. The van der Waals surface area contributed by atoms with E-state index in [4.69, 9.17) is 4.42 Å². The highest BCUT2D eigenvalue weighted by molar-refractivity contribution is 7.15. The predicted molar refractivity (Wildman–Crippen MR) is 96.6 cm³/mol. The lowest BCUT2D eigenvalue weighted by atomic mass is 9.99. The molecule has 0 unspecified atom stereocenters. The third-order valence-corrected chi connectivity index (χ3v) is 5.51. The quantitative estimate of drug-likeness (QED) is 0.767. The molecule has 3 heterocycles. The number of fused-ring (bicyclic) bond motifs is 1. The first-order valence-electron chi connectivity index (χ1n) is 8.60. The predicted octanol–water partition coefficient (Wildman–Crippen LogP) is 3.64. The van der Waals surface area contributed by atoms with Crippen LogP contribution in [0.15, 0.2) is 16.7 Å². The first-order chi connectivity index (χ1) is 12.0. The third-order valence-electron chi connectivity index (χ3n) is 4.28. The highest BCUT2D eigenvalue weighted by Gasteiger charge is 2.18. The topological polar surface area (TPSA) is 81.7 Å². The number of anilines is 1. The summed E-state index contributed by atoms with van der Waals surface area (Å²) in [4.78, 5) is 2.53. The molecule has 0 fully saturated rings. The van der Waals surface area contributed by atoms with Crippen LogP contribution in [0.2, 0.25) is 0 Å². The molecule has 0 saturated heterocycles. The Bertz CT molecular complexity index is 848. The molecule has 132 valence electrons. The summed E-state index contributed by atoms with van der Waals surface area (Å²) in [6, 6.07) is 2.61. The van der Waals surface area contributed by atoms with Gasteiger partial charge in [0.2, 0.25) is 0 Å². The monoisotopic (exact) mass is 358 g/mol. The summed E-state index contributed by atoms with van der Waals surface area (Å²) in [6.45, 7) is 6.76. The zero-order valence-electron chi connectivity index (χ0n) is 14.7. The molecule has 0 bridgehead atoms. The van der Waals surface area contributed by atoms with Gasteiger partial charge in [-0.1, -0.05) is 10.3 Å². The maximum atomic E-state index is 5.77. The molecular formula is C17H22N6OS. The number of nitrogens with one attached hydrogen (secondary N) is 1. The fraction of sp³-hybridized carbons (Fsp3) is 0.529. The van der Waals surface area contributed by atoms with E-state index in [-0.39, 0.29) is 5.54 Å². The van der Waals surface area contributed by atoms with E-state index in [1.807, 2.05) is 10.9 Å². The number of rotatable bonds is 4. The summed E-state index contributed by atoms with van der Waals surface area (Å²) in [6.07, 6.45) is 6.81. The number of nitrogens with zero attached hydrogens (tertiary/aromatic N) is 5. The maximum absolute atomic E-state index is 5.77. The summed E-state index contributed by atoms with van der Waals surface area (Å²) in [7, 11) is 0. The molecule has 7 nitrogen and oxygen atoms in total. The van der Waals surface area contributed by atoms with Crippen molar-refractivity contribution in [1.82, 2.24) is 25.2 Å². The van der Waals surface area contributed by atoms with Gasteiger partial charge in [0.05, 0.1) is 23.2 Å². The normalized spacial score (nSPS) is 14.5. The Morgan fingerprint density at radius 3 is 2.80 bits per heavy atom. The van der Waals surface area contributed by atoms with Crippen molar-refractivity contribution in [3.8, 4) is 10.8 Å². The van der Waals surface area contributed by atoms with E-state index in [1.54, 1.807) is 11.3 Å². The van der Waals surface area contributed by atoms with Gasteiger partial charge in [0, 0.05) is 4.88 Å². The van der Waals surface area contributed by atoms with Gasteiger partial charge in [-0.05, 0) is 58.1 Å². The molecule has 1 aliphatic rings. The number of hydrogen-bond acceptors (Lipinski definition) is 7. The molecule has 4 rings (SSSR count). The van der Waals surface area contributed by atoms with Crippen molar-refractivity contribution in [2.45, 2.75) is 58.5 Å². The van der Waals surface area contributed by atoms with Crippen molar-refractivity contribution in [3.05, 3.63) is 28.4 Å². The minimum Gasteiger partial charge on any atom is -0.403 e. The van der Waals surface area contributed by atoms with Gasteiger partial charge in [0.1, 0.15) is 5.69 Å². The van der Waals surface area contributed by atoms with Crippen LogP contribution in [-0.4, -0.2) is 25.2 Å². The number of aromatic nitrogens is 5. The Hall–Kier alpha value is -2.22. The minimum atomic E-state index is -0.0822. The highest BCUT2D eigenvalue weighted by atomic mass is 32.1. The molecule has 8 heteroatoms. The summed E-state index contributed by atoms with van der Waals surface area (Å²) in [5, 5.41) is 19.7. The van der Waals surface area contributed by atoms with Crippen LogP contribution in [0.3, 0.4) is 0 Å². The molecule has 0 aromatic carbocycles. The van der Waals surface area contributed by atoms with Crippen LogP contribution in [0.5, 0.6) is 0 Å². The lowest BCUT2D eigenvalue weighted by Crippen LogP contribution is -2.22. The maximum Gasteiger partial charge on any atom is 0.316 e. The number of hydrogen-bond donors (Lipinski definition) is 1. The smallest absolute Gasteiger partial charge is 0.316 e. The molecule has 0 aliphatic heterocycles. The SMILES string of the molecule is CC(C)(C)n1cc(CNc2nnc(-c3cc4c(s3)CCCC4)o2)nn1. The van der Waals surface area contributed by atoms with E-state index < -0.39 is 0 Å². The zero-order valence-corrected chi connectivity index (χ0v) is 15.6. The Morgan fingerprint density at radius 1 is 1.20 bits per heavy atom. The van der Waals surface area contributed by atoms with Gasteiger partial charge >= 0.3 is 6.01 Å². The second-order valence-corrected chi connectivity index (χ2v) is 8.49. The molecule has 1 N–H and O–H groups in total. The van der Waals surface area contributed by atoms with E-state index in [1.165, 1.54) is 29.7 Å². The van der Waals surface area contributed by atoms with Crippen LogP contribution in [0.1, 0.15) is 49.7 Å². The molecule has 0 saturated carbocycles. The van der Waals surface area contributed by atoms with Crippen LogP contribution >= 0.6 is 11.3 Å². The molecule has 0 atom stereocenters. The molecule has 25 heavy (non-hydrogen) atoms. The first-order valence-corrected chi connectivity index (χ1v) is 9.42. The fourth-order valence-corrected chi connectivity index (χ4v) is 4.04. The van der Waals surface area contributed by atoms with Crippen molar-refractivity contribution in [1.29, 1.82) is 0 Å². The summed E-state index contributed by atoms with van der Waals surface area (Å²) < 4.78 is 7.61. The largest absolute Gasteiger partial charge is 0.403 e. The van der Waals surface area contributed by atoms with Gasteiger partial charge in [-0.15, -0.1) is 21.5 Å². The zero-order chi connectivity index (χ0) is 17.4. The molecule has 0 radical (unpaired) electrons. The van der Waals surface area contributed by atoms with Gasteiger partial charge in [-0.3, -0.25) is 0 Å². The van der Waals surface area contributed by atoms with Gasteiger partial charge in [-0.25, -0.2) is 4.68 Å². The lowest BCUT2D eigenvalue weighted by molar-refractivity contribution is 0.347. The van der Waals surface area contributed by atoms with Crippen LogP contribution in [-0.2, 0) is 24.9 Å². The fourth-order valence-electron chi connectivity index (χ4n) is 2.86. The standard InChI is InChI=1S/C17H22N6OS/c1-17(2,3)23-10-12(19-22-23)9-18-16-21-20-15(24-16)14-8-11-6-4-5-7-13(11)25-14/h8,10H,4-7,9H2,1-3H3,(H,18,21). The summed E-state index contributed by atoms with van der Waals surface area (Å²) in [5.74, 6) is 0.584. The Morgan fingerprint density at radius 2 is 2.04 bits per heavy atom.